The molecule has 122 valence electrons. The average molecular weight is 308 g/mol. The summed E-state index contributed by atoms with van der Waals surface area (Å²) in [5.41, 5.74) is -0.0235. The molecule has 0 unspecified atom stereocenters. The molecular weight excluding hydrogens is 284 g/mol. The largest absolute Gasteiger partial charge is 0.459 e. The van der Waals surface area contributed by atoms with Gasteiger partial charge in [0.2, 0.25) is 5.91 Å². The van der Waals surface area contributed by atoms with Crippen LogP contribution < -0.4 is 5.32 Å². The van der Waals surface area contributed by atoms with Crippen molar-refractivity contribution in [2.45, 2.75) is 32.6 Å². The molecule has 0 spiro atoms. The van der Waals surface area contributed by atoms with Crippen molar-refractivity contribution < 1.29 is 19.1 Å². The second-order valence-electron chi connectivity index (χ2n) is 5.88. The quantitative estimate of drug-likeness (QED) is 0.832. The maximum Gasteiger partial charge on any atom is 0.286 e. The van der Waals surface area contributed by atoms with E-state index in [1.165, 1.54) is 6.26 Å². The lowest BCUT2D eigenvalue weighted by molar-refractivity contribution is -0.134. The summed E-state index contributed by atoms with van der Waals surface area (Å²) in [5, 5.41) is 12.2. The fourth-order valence-electron chi connectivity index (χ4n) is 2.79. The number of rotatable bonds is 6. The molecule has 2 rings (SSSR count). The SMILES string of the molecule is CCC1(CO)CCN(C(=O)CCNC(=O)c2ccco2)CC1. The van der Waals surface area contributed by atoms with Crippen molar-refractivity contribution in [1.82, 2.24) is 10.2 Å². The van der Waals surface area contributed by atoms with Crippen LogP contribution in [0.3, 0.4) is 0 Å². The minimum atomic E-state index is -0.304. The number of carbonyl (C=O) groups is 2. The number of nitrogens with zero attached hydrogens (tertiary/aromatic N) is 1. The normalized spacial score (nSPS) is 17.3. The van der Waals surface area contributed by atoms with Crippen LogP contribution in [0.2, 0.25) is 0 Å². The second-order valence-corrected chi connectivity index (χ2v) is 5.88. The van der Waals surface area contributed by atoms with Crippen molar-refractivity contribution in [2.24, 2.45) is 5.41 Å². The number of hydrogen-bond acceptors (Lipinski definition) is 4. The predicted octanol–water partition coefficient (Wildman–Crippen LogP) is 1.41. The monoisotopic (exact) mass is 308 g/mol. The van der Waals surface area contributed by atoms with Crippen LogP contribution in [-0.4, -0.2) is 48.1 Å². The maximum atomic E-state index is 12.1. The fourth-order valence-corrected chi connectivity index (χ4v) is 2.79. The van der Waals surface area contributed by atoms with Crippen molar-refractivity contribution in [2.75, 3.05) is 26.2 Å². The van der Waals surface area contributed by atoms with Crippen LogP contribution in [0.25, 0.3) is 0 Å². The van der Waals surface area contributed by atoms with Gasteiger partial charge in [-0.05, 0) is 36.8 Å². The highest BCUT2D eigenvalue weighted by molar-refractivity contribution is 5.91. The van der Waals surface area contributed by atoms with Crippen LogP contribution in [0.5, 0.6) is 0 Å². The summed E-state index contributed by atoms with van der Waals surface area (Å²) in [7, 11) is 0. The Morgan fingerprint density at radius 3 is 2.68 bits per heavy atom. The molecule has 2 N–H and O–H groups in total. The second kappa shape index (κ2) is 7.45. The van der Waals surface area contributed by atoms with Gasteiger partial charge in [0.1, 0.15) is 0 Å². The van der Waals surface area contributed by atoms with Gasteiger partial charge in [0.15, 0.2) is 5.76 Å². The van der Waals surface area contributed by atoms with E-state index in [2.05, 4.69) is 12.2 Å². The van der Waals surface area contributed by atoms with E-state index < -0.39 is 0 Å². The number of carbonyl (C=O) groups excluding carboxylic acids is 2. The zero-order valence-electron chi connectivity index (χ0n) is 13.0. The average Bonchev–Trinajstić information content (AvgIpc) is 3.09. The van der Waals surface area contributed by atoms with E-state index in [4.69, 9.17) is 4.42 Å². The topological polar surface area (TPSA) is 82.8 Å². The minimum absolute atomic E-state index is 0.0235. The molecule has 2 amide bonds. The molecule has 1 fully saturated rings. The molecule has 1 aromatic rings. The van der Waals surface area contributed by atoms with Gasteiger partial charge in [0, 0.05) is 32.7 Å². The summed E-state index contributed by atoms with van der Waals surface area (Å²) in [6.45, 7) is 3.93. The molecule has 0 aromatic carbocycles. The Kier molecular flexibility index (Phi) is 5.60. The first-order chi connectivity index (χ1) is 10.6. The van der Waals surface area contributed by atoms with Crippen LogP contribution in [0.15, 0.2) is 22.8 Å². The summed E-state index contributed by atoms with van der Waals surface area (Å²) in [5.74, 6) is -0.00907. The Morgan fingerprint density at radius 1 is 1.41 bits per heavy atom. The molecule has 0 bridgehead atoms. The highest BCUT2D eigenvalue weighted by Gasteiger charge is 2.33. The summed E-state index contributed by atoms with van der Waals surface area (Å²) in [6.07, 6.45) is 4.33. The van der Waals surface area contributed by atoms with Gasteiger partial charge < -0.3 is 19.7 Å². The predicted molar refractivity (Wildman–Crippen MR) is 81.3 cm³/mol. The van der Waals surface area contributed by atoms with E-state index in [1.807, 2.05) is 4.90 Å². The fraction of sp³-hybridized carbons (Fsp3) is 0.625. The summed E-state index contributed by atoms with van der Waals surface area (Å²) >= 11 is 0. The van der Waals surface area contributed by atoms with Crippen molar-refractivity contribution in [3.8, 4) is 0 Å². The van der Waals surface area contributed by atoms with Gasteiger partial charge >= 0.3 is 0 Å². The van der Waals surface area contributed by atoms with Gasteiger partial charge in [0.05, 0.1) is 6.26 Å². The molecule has 0 saturated carbocycles. The number of nitrogens with one attached hydrogen (secondary N) is 1. The van der Waals surface area contributed by atoms with Crippen molar-refractivity contribution in [3.05, 3.63) is 24.2 Å². The summed E-state index contributed by atoms with van der Waals surface area (Å²) in [6, 6.07) is 3.23. The van der Waals surface area contributed by atoms with E-state index >= 15 is 0 Å². The molecular formula is C16H24N2O4. The molecule has 2 heterocycles. The van der Waals surface area contributed by atoms with Gasteiger partial charge in [-0.25, -0.2) is 0 Å². The zero-order valence-corrected chi connectivity index (χ0v) is 13.0. The molecule has 22 heavy (non-hydrogen) atoms. The van der Waals surface area contributed by atoms with E-state index in [1.54, 1.807) is 12.1 Å². The Balaban J connectivity index is 1.71. The summed E-state index contributed by atoms with van der Waals surface area (Å²) in [4.78, 5) is 25.6. The van der Waals surface area contributed by atoms with Crippen molar-refractivity contribution >= 4 is 11.8 Å². The number of furan rings is 1. The highest BCUT2D eigenvalue weighted by atomic mass is 16.3. The van der Waals surface area contributed by atoms with E-state index in [-0.39, 0.29) is 36.0 Å². The third kappa shape index (κ3) is 3.88. The molecule has 1 aromatic heterocycles. The Morgan fingerprint density at radius 2 is 2.14 bits per heavy atom. The van der Waals surface area contributed by atoms with Crippen LogP contribution in [-0.2, 0) is 4.79 Å². The number of aliphatic hydroxyl groups excluding tert-OH is 1. The van der Waals surface area contributed by atoms with Gasteiger partial charge in [-0.15, -0.1) is 0 Å². The summed E-state index contributed by atoms with van der Waals surface area (Å²) < 4.78 is 4.99. The van der Waals surface area contributed by atoms with Gasteiger partial charge in [-0.2, -0.15) is 0 Å². The molecule has 1 saturated heterocycles. The lowest BCUT2D eigenvalue weighted by Crippen LogP contribution is -2.45. The van der Waals surface area contributed by atoms with Crippen molar-refractivity contribution in [1.29, 1.82) is 0 Å². The Bertz CT molecular complexity index is 484. The van der Waals surface area contributed by atoms with E-state index in [0.717, 1.165) is 19.3 Å². The third-order valence-electron chi connectivity index (χ3n) is 4.63. The van der Waals surface area contributed by atoms with E-state index in [9.17, 15) is 14.7 Å². The Hall–Kier alpha value is -1.82. The number of hydrogen-bond donors (Lipinski definition) is 2. The first-order valence-corrected chi connectivity index (χ1v) is 7.80. The lowest BCUT2D eigenvalue weighted by Gasteiger charge is -2.40. The zero-order chi connectivity index (χ0) is 16.0. The molecule has 0 atom stereocenters. The third-order valence-corrected chi connectivity index (χ3v) is 4.63. The molecule has 6 heteroatoms. The van der Waals surface area contributed by atoms with Crippen LogP contribution >= 0.6 is 0 Å². The Labute approximate surface area is 130 Å². The number of aliphatic hydroxyl groups is 1. The first-order valence-electron chi connectivity index (χ1n) is 7.80. The highest BCUT2D eigenvalue weighted by Crippen LogP contribution is 2.34. The molecule has 1 aliphatic rings. The number of piperidine rings is 1. The number of likely N-dealkylation sites (tertiary alicyclic amines) is 1. The van der Waals surface area contributed by atoms with Crippen LogP contribution in [0, 0.1) is 5.41 Å². The maximum absolute atomic E-state index is 12.1. The molecule has 1 aliphatic heterocycles. The minimum Gasteiger partial charge on any atom is -0.459 e. The van der Waals surface area contributed by atoms with Crippen LogP contribution in [0.1, 0.15) is 43.2 Å². The lowest BCUT2D eigenvalue weighted by atomic mass is 9.77. The molecule has 0 aliphatic carbocycles. The number of amides is 2. The van der Waals surface area contributed by atoms with Crippen molar-refractivity contribution in [3.63, 3.8) is 0 Å². The standard InChI is InChI=1S/C16H24N2O4/c1-2-16(12-19)6-9-18(10-7-16)14(20)5-8-17-15(21)13-4-3-11-22-13/h3-4,11,19H,2,5-10,12H2,1H3,(H,17,21). The first kappa shape index (κ1) is 16.5. The van der Waals surface area contributed by atoms with Crippen LogP contribution in [0.4, 0.5) is 0 Å². The van der Waals surface area contributed by atoms with Gasteiger partial charge in [-0.3, -0.25) is 9.59 Å². The van der Waals surface area contributed by atoms with Gasteiger partial charge in [0.25, 0.3) is 5.91 Å². The van der Waals surface area contributed by atoms with E-state index in [0.29, 0.717) is 19.6 Å². The van der Waals surface area contributed by atoms with Gasteiger partial charge in [-0.1, -0.05) is 6.92 Å². The molecule has 6 nitrogen and oxygen atoms in total. The molecule has 0 radical (unpaired) electrons. The smallest absolute Gasteiger partial charge is 0.286 e.